The second-order valence-corrected chi connectivity index (χ2v) is 7.69. The molecule has 1 atom stereocenters. The predicted molar refractivity (Wildman–Crippen MR) is 73.6 cm³/mol. The van der Waals surface area contributed by atoms with Gasteiger partial charge in [-0.15, -0.1) is 0 Å². The van der Waals surface area contributed by atoms with Crippen LogP contribution < -0.4 is 0 Å². The average Bonchev–Trinajstić information content (AvgIpc) is 2.68. The molecule has 1 saturated heterocycles. The van der Waals surface area contributed by atoms with Crippen molar-refractivity contribution in [1.29, 1.82) is 0 Å². The van der Waals surface area contributed by atoms with Gasteiger partial charge in [0.2, 0.25) is 0 Å². The molecule has 1 aliphatic rings. The Morgan fingerprint density at radius 2 is 2.15 bits per heavy atom. The molecule has 0 bridgehead atoms. The number of sulfone groups is 1. The molecule has 0 radical (unpaired) electrons. The summed E-state index contributed by atoms with van der Waals surface area (Å²) in [6.45, 7) is 3.87. The molecule has 0 amide bonds. The van der Waals surface area contributed by atoms with E-state index in [1.165, 1.54) is 24.3 Å². The highest BCUT2D eigenvalue weighted by Gasteiger charge is 2.34. The molecule has 1 N–H and O–H groups in total. The first-order valence-electron chi connectivity index (χ1n) is 6.44. The Bertz CT molecular complexity index is 618. The summed E-state index contributed by atoms with van der Waals surface area (Å²) >= 11 is 0. The van der Waals surface area contributed by atoms with Crippen molar-refractivity contribution < 1.29 is 23.1 Å². The van der Waals surface area contributed by atoms with Crippen LogP contribution >= 0.6 is 0 Å². The first-order chi connectivity index (χ1) is 9.20. The molecule has 0 aromatic heterocycles. The molecule has 20 heavy (non-hydrogen) atoms. The van der Waals surface area contributed by atoms with Crippen molar-refractivity contribution in [3.8, 4) is 0 Å². The summed E-state index contributed by atoms with van der Waals surface area (Å²) in [5, 5.41) is 8.91. The van der Waals surface area contributed by atoms with Gasteiger partial charge in [0.1, 0.15) is 0 Å². The lowest BCUT2D eigenvalue weighted by Gasteiger charge is -2.19. The van der Waals surface area contributed by atoms with Crippen LogP contribution in [0, 0.1) is 0 Å². The Hall–Kier alpha value is -1.40. The zero-order valence-corrected chi connectivity index (χ0v) is 12.3. The molecular weight excluding hydrogens is 280 g/mol. The summed E-state index contributed by atoms with van der Waals surface area (Å²) in [5.41, 5.74) is -0.318. The van der Waals surface area contributed by atoms with Crippen molar-refractivity contribution in [1.82, 2.24) is 0 Å². The van der Waals surface area contributed by atoms with E-state index >= 15 is 0 Å². The van der Waals surface area contributed by atoms with Crippen LogP contribution in [0.3, 0.4) is 0 Å². The van der Waals surface area contributed by atoms with Gasteiger partial charge in [-0.25, -0.2) is 13.2 Å². The van der Waals surface area contributed by atoms with E-state index in [9.17, 15) is 13.2 Å². The van der Waals surface area contributed by atoms with E-state index in [4.69, 9.17) is 9.84 Å². The number of benzene rings is 1. The van der Waals surface area contributed by atoms with Gasteiger partial charge in [0.15, 0.2) is 9.84 Å². The van der Waals surface area contributed by atoms with Gasteiger partial charge in [0.05, 0.1) is 27.9 Å². The van der Waals surface area contributed by atoms with Gasteiger partial charge in [0, 0.05) is 0 Å². The molecule has 1 fully saturated rings. The van der Waals surface area contributed by atoms with Crippen molar-refractivity contribution in [2.24, 2.45) is 0 Å². The number of rotatable bonds is 4. The quantitative estimate of drug-likeness (QED) is 0.921. The standard InChI is InChI=1S/C14H18O5S/c1-14(2)7-6-11(19-14)9-20(17,18)12-5-3-4-10(8-12)13(15)16/h3-5,8,11H,6-7,9H2,1-2H3,(H,15,16). The average molecular weight is 298 g/mol. The molecular formula is C14H18O5S. The summed E-state index contributed by atoms with van der Waals surface area (Å²) in [5.74, 6) is -1.25. The lowest BCUT2D eigenvalue weighted by Crippen LogP contribution is -2.25. The van der Waals surface area contributed by atoms with Crippen molar-refractivity contribution in [2.45, 2.75) is 43.3 Å². The number of carboxylic acid groups (broad SMARTS) is 1. The van der Waals surface area contributed by atoms with Gasteiger partial charge in [-0.1, -0.05) is 6.07 Å². The molecule has 0 aliphatic carbocycles. The summed E-state index contributed by atoms with van der Waals surface area (Å²) in [6, 6.07) is 5.42. The maximum absolute atomic E-state index is 12.3. The Balaban J connectivity index is 2.19. The number of carboxylic acids is 1. The maximum atomic E-state index is 12.3. The van der Waals surface area contributed by atoms with E-state index in [-0.39, 0.29) is 27.9 Å². The molecule has 2 rings (SSSR count). The third-order valence-corrected chi connectivity index (χ3v) is 5.18. The molecule has 1 aromatic carbocycles. The fourth-order valence-electron chi connectivity index (χ4n) is 2.36. The molecule has 1 unspecified atom stereocenters. The van der Waals surface area contributed by atoms with Crippen LogP contribution in [-0.2, 0) is 14.6 Å². The van der Waals surface area contributed by atoms with E-state index in [0.717, 1.165) is 6.42 Å². The van der Waals surface area contributed by atoms with Crippen LogP contribution in [0.1, 0.15) is 37.0 Å². The van der Waals surface area contributed by atoms with Crippen LogP contribution in [0.4, 0.5) is 0 Å². The van der Waals surface area contributed by atoms with Crippen molar-refractivity contribution in [2.75, 3.05) is 5.75 Å². The molecule has 5 nitrogen and oxygen atoms in total. The lowest BCUT2D eigenvalue weighted by molar-refractivity contribution is -0.00528. The van der Waals surface area contributed by atoms with E-state index in [1.54, 1.807) is 0 Å². The summed E-state index contributed by atoms with van der Waals surface area (Å²) in [7, 11) is -3.54. The minimum absolute atomic E-state index is 0.0289. The normalized spacial score (nSPS) is 21.8. The Kier molecular flexibility index (Phi) is 3.88. The SMILES string of the molecule is CC1(C)CCC(CS(=O)(=O)c2cccc(C(=O)O)c2)O1. The minimum atomic E-state index is -3.54. The minimum Gasteiger partial charge on any atom is -0.478 e. The molecule has 1 aliphatic heterocycles. The van der Waals surface area contributed by atoms with E-state index in [0.29, 0.717) is 6.42 Å². The van der Waals surface area contributed by atoms with E-state index in [1.807, 2.05) is 13.8 Å². The number of ether oxygens (including phenoxy) is 1. The Morgan fingerprint density at radius 1 is 1.45 bits per heavy atom. The molecule has 6 heteroatoms. The highest BCUT2D eigenvalue weighted by molar-refractivity contribution is 7.91. The van der Waals surface area contributed by atoms with Crippen LogP contribution in [0.2, 0.25) is 0 Å². The van der Waals surface area contributed by atoms with Crippen molar-refractivity contribution in [3.05, 3.63) is 29.8 Å². The summed E-state index contributed by atoms with van der Waals surface area (Å²) in [6.07, 6.45) is 1.19. The first kappa shape index (κ1) is 15.0. The summed E-state index contributed by atoms with van der Waals surface area (Å²) < 4.78 is 30.3. The smallest absolute Gasteiger partial charge is 0.335 e. The fourth-order valence-corrected chi connectivity index (χ4v) is 3.87. The molecule has 1 aromatic rings. The molecule has 0 saturated carbocycles. The summed E-state index contributed by atoms with van der Waals surface area (Å²) in [4.78, 5) is 10.9. The fraction of sp³-hybridized carbons (Fsp3) is 0.500. The third kappa shape index (κ3) is 3.37. The van der Waals surface area contributed by atoms with Gasteiger partial charge < -0.3 is 9.84 Å². The maximum Gasteiger partial charge on any atom is 0.335 e. The second-order valence-electron chi connectivity index (χ2n) is 5.65. The number of carbonyl (C=O) groups is 1. The molecule has 1 heterocycles. The number of hydrogen-bond acceptors (Lipinski definition) is 4. The third-order valence-electron chi connectivity index (χ3n) is 3.40. The predicted octanol–water partition coefficient (Wildman–Crippen LogP) is 2.12. The Labute approximate surface area is 118 Å². The topological polar surface area (TPSA) is 80.7 Å². The van der Waals surface area contributed by atoms with Crippen molar-refractivity contribution >= 4 is 15.8 Å². The highest BCUT2D eigenvalue weighted by Crippen LogP contribution is 2.31. The zero-order valence-electron chi connectivity index (χ0n) is 11.5. The van der Waals surface area contributed by atoms with E-state index in [2.05, 4.69) is 0 Å². The van der Waals surface area contributed by atoms with Crippen LogP contribution in [0.15, 0.2) is 29.2 Å². The van der Waals surface area contributed by atoms with Crippen LogP contribution in [0.25, 0.3) is 0 Å². The number of aromatic carboxylic acids is 1. The first-order valence-corrected chi connectivity index (χ1v) is 8.09. The number of hydrogen-bond donors (Lipinski definition) is 1. The largest absolute Gasteiger partial charge is 0.478 e. The molecule has 0 spiro atoms. The van der Waals surface area contributed by atoms with Crippen molar-refractivity contribution in [3.63, 3.8) is 0 Å². The molecule has 110 valence electrons. The van der Waals surface area contributed by atoms with Gasteiger partial charge >= 0.3 is 5.97 Å². The van der Waals surface area contributed by atoms with Gasteiger partial charge in [-0.2, -0.15) is 0 Å². The van der Waals surface area contributed by atoms with Crippen LogP contribution in [-0.4, -0.2) is 37.0 Å². The lowest BCUT2D eigenvalue weighted by atomic mass is 10.1. The zero-order chi connectivity index (χ0) is 15.0. The van der Waals surface area contributed by atoms with Gasteiger partial charge in [0.25, 0.3) is 0 Å². The Morgan fingerprint density at radius 3 is 2.70 bits per heavy atom. The van der Waals surface area contributed by atoms with Crippen LogP contribution in [0.5, 0.6) is 0 Å². The monoisotopic (exact) mass is 298 g/mol. The second kappa shape index (κ2) is 5.18. The highest BCUT2D eigenvalue weighted by atomic mass is 32.2. The van der Waals surface area contributed by atoms with E-state index < -0.39 is 15.8 Å². The van der Waals surface area contributed by atoms with Gasteiger partial charge in [-0.05, 0) is 44.9 Å². The van der Waals surface area contributed by atoms with Gasteiger partial charge in [-0.3, -0.25) is 0 Å².